The zero-order valence-electron chi connectivity index (χ0n) is 12.3. The standard InChI is InChI=1S/C15H28N2O/c1-5-8-17(6-2)12-14-7-9-18-15(14)11-16-10-13(3)4/h7,9,13,16H,5-6,8,10-12H2,1-4H3. The summed E-state index contributed by atoms with van der Waals surface area (Å²) in [5.74, 6) is 1.76. The second-order valence-electron chi connectivity index (χ2n) is 5.26. The molecule has 104 valence electrons. The summed E-state index contributed by atoms with van der Waals surface area (Å²) in [6.45, 7) is 14.0. The Bertz CT molecular complexity index is 320. The van der Waals surface area contributed by atoms with Crippen LogP contribution in [0.15, 0.2) is 16.7 Å². The molecule has 1 rings (SSSR count). The summed E-state index contributed by atoms with van der Waals surface area (Å²) in [6.07, 6.45) is 3.01. The van der Waals surface area contributed by atoms with Gasteiger partial charge in [-0.1, -0.05) is 27.7 Å². The number of hydrogen-bond acceptors (Lipinski definition) is 3. The number of hydrogen-bond donors (Lipinski definition) is 1. The fraction of sp³-hybridized carbons (Fsp3) is 0.733. The van der Waals surface area contributed by atoms with Crippen LogP contribution in [0, 0.1) is 5.92 Å². The minimum atomic E-state index is 0.677. The molecule has 18 heavy (non-hydrogen) atoms. The van der Waals surface area contributed by atoms with Gasteiger partial charge in [0, 0.05) is 12.1 Å². The van der Waals surface area contributed by atoms with Gasteiger partial charge in [0.05, 0.1) is 12.8 Å². The van der Waals surface area contributed by atoms with Crippen LogP contribution in [0.2, 0.25) is 0 Å². The van der Waals surface area contributed by atoms with Gasteiger partial charge in [0.2, 0.25) is 0 Å². The zero-order valence-corrected chi connectivity index (χ0v) is 12.3. The van der Waals surface area contributed by atoms with Gasteiger partial charge in [-0.2, -0.15) is 0 Å². The molecule has 0 aliphatic rings. The highest BCUT2D eigenvalue weighted by atomic mass is 16.3. The van der Waals surface area contributed by atoms with Crippen molar-refractivity contribution >= 4 is 0 Å². The maximum absolute atomic E-state index is 5.58. The number of nitrogens with one attached hydrogen (secondary N) is 1. The first-order valence-corrected chi connectivity index (χ1v) is 7.15. The van der Waals surface area contributed by atoms with Gasteiger partial charge in [0.1, 0.15) is 5.76 Å². The van der Waals surface area contributed by atoms with Gasteiger partial charge in [-0.3, -0.25) is 4.90 Å². The van der Waals surface area contributed by atoms with E-state index in [0.717, 1.165) is 38.5 Å². The molecule has 1 aromatic heterocycles. The topological polar surface area (TPSA) is 28.4 Å². The van der Waals surface area contributed by atoms with Crippen molar-refractivity contribution in [3.8, 4) is 0 Å². The molecule has 0 saturated heterocycles. The first kappa shape index (κ1) is 15.3. The molecule has 0 atom stereocenters. The van der Waals surface area contributed by atoms with Gasteiger partial charge in [-0.05, 0) is 38.0 Å². The molecule has 1 aromatic rings. The normalized spacial score (nSPS) is 11.7. The molecule has 0 unspecified atom stereocenters. The summed E-state index contributed by atoms with van der Waals surface area (Å²) >= 11 is 0. The molecule has 0 saturated carbocycles. The van der Waals surface area contributed by atoms with Crippen molar-refractivity contribution in [1.29, 1.82) is 0 Å². The molecule has 0 aliphatic heterocycles. The molecule has 0 spiro atoms. The second-order valence-corrected chi connectivity index (χ2v) is 5.26. The van der Waals surface area contributed by atoms with Crippen LogP contribution < -0.4 is 5.32 Å². The molecule has 1 N–H and O–H groups in total. The van der Waals surface area contributed by atoms with Gasteiger partial charge in [0.25, 0.3) is 0 Å². The summed E-state index contributed by atoms with van der Waals surface area (Å²) in [4.78, 5) is 2.46. The van der Waals surface area contributed by atoms with E-state index < -0.39 is 0 Å². The molecule has 0 fully saturated rings. The molecule has 1 heterocycles. The molecular weight excluding hydrogens is 224 g/mol. The van der Waals surface area contributed by atoms with Gasteiger partial charge >= 0.3 is 0 Å². The smallest absolute Gasteiger partial charge is 0.122 e. The Morgan fingerprint density at radius 3 is 2.72 bits per heavy atom. The van der Waals surface area contributed by atoms with E-state index in [0.29, 0.717) is 5.92 Å². The van der Waals surface area contributed by atoms with E-state index in [2.05, 4.69) is 44.0 Å². The summed E-state index contributed by atoms with van der Waals surface area (Å²) in [6, 6.07) is 2.10. The maximum Gasteiger partial charge on any atom is 0.122 e. The van der Waals surface area contributed by atoms with Crippen molar-refractivity contribution in [2.75, 3.05) is 19.6 Å². The van der Waals surface area contributed by atoms with E-state index in [1.165, 1.54) is 12.0 Å². The molecule has 0 radical (unpaired) electrons. The Balaban J connectivity index is 2.48. The quantitative estimate of drug-likeness (QED) is 0.731. The SMILES string of the molecule is CCCN(CC)Cc1ccoc1CNCC(C)C. The summed E-state index contributed by atoms with van der Waals surface area (Å²) in [5, 5.41) is 3.44. The van der Waals surface area contributed by atoms with Gasteiger partial charge in [-0.15, -0.1) is 0 Å². The Labute approximate surface area is 112 Å². The van der Waals surface area contributed by atoms with Crippen LogP contribution in [0.5, 0.6) is 0 Å². The number of rotatable bonds is 9. The third-order valence-electron chi connectivity index (χ3n) is 3.06. The molecule has 0 aromatic carbocycles. The van der Waals surface area contributed by atoms with E-state index in [9.17, 15) is 0 Å². The molecule has 3 nitrogen and oxygen atoms in total. The minimum absolute atomic E-state index is 0.677. The predicted molar refractivity (Wildman–Crippen MR) is 76.5 cm³/mol. The first-order valence-electron chi connectivity index (χ1n) is 7.15. The molecule has 0 bridgehead atoms. The highest BCUT2D eigenvalue weighted by Crippen LogP contribution is 2.13. The van der Waals surface area contributed by atoms with Crippen LogP contribution in [0.3, 0.4) is 0 Å². The van der Waals surface area contributed by atoms with Crippen molar-refractivity contribution in [1.82, 2.24) is 10.2 Å². The third kappa shape index (κ3) is 5.23. The summed E-state index contributed by atoms with van der Waals surface area (Å²) < 4.78 is 5.58. The maximum atomic E-state index is 5.58. The van der Waals surface area contributed by atoms with Crippen LogP contribution >= 0.6 is 0 Å². The van der Waals surface area contributed by atoms with E-state index in [-0.39, 0.29) is 0 Å². The predicted octanol–water partition coefficient (Wildman–Crippen LogP) is 3.26. The van der Waals surface area contributed by atoms with Crippen molar-refractivity contribution in [2.45, 2.75) is 47.2 Å². The van der Waals surface area contributed by atoms with E-state index in [1.54, 1.807) is 0 Å². The number of nitrogens with zero attached hydrogens (tertiary/aromatic N) is 1. The van der Waals surface area contributed by atoms with Crippen molar-refractivity contribution < 1.29 is 4.42 Å². The average molecular weight is 252 g/mol. The van der Waals surface area contributed by atoms with Crippen molar-refractivity contribution in [3.05, 3.63) is 23.7 Å². The second kappa shape index (κ2) is 8.33. The third-order valence-corrected chi connectivity index (χ3v) is 3.06. The Kier molecular flexibility index (Phi) is 7.06. The first-order chi connectivity index (χ1) is 8.67. The van der Waals surface area contributed by atoms with Gasteiger partial charge in [0.15, 0.2) is 0 Å². The van der Waals surface area contributed by atoms with Crippen LogP contribution in [0.1, 0.15) is 45.4 Å². The molecule has 0 amide bonds. The number of furan rings is 1. The van der Waals surface area contributed by atoms with Crippen LogP contribution in [-0.2, 0) is 13.1 Å². The van der Waals surface area contributed by atoms with E-state index in [1.807, 2.05) is 6.26 Å². The van der Waals surface area contributed by atoms with E-state index in [4.69, 9.17) is 4.42 Å². The minimum Gasteiger partial charge on any atom is -0.468 e. The monoisotopic (exact) mass is 252 g/mol. The van der Waals surface area contributed by atoms with Crippen molar-refractivity contribution in [3.63, 3.8) is 0 Å². The fourth-order valence-corrected chi connectivity index (χ4v) is 2.04. The van der Waals surface area contributed by atoms with Gasteiger partial charge in [-0.25, -0.2) is 0 Å². The lowest BCUT2D eigenvalue weighted by molar-refractivity contribution is 0.277. The lowest BCUT2D eigenvalue weighted by Gasteiger charge is -2.19. The average Bonchev–Trinajstić information content (AvgIpc) is 2.75. The lowest BCUT2D eigenvalue weighted by Crippen LogP contribution is -2.25. The summed E-state index contributed by atoms with van der Waals surface area (Å²) in [7, 11) is 0. The van der Waals surface area contributed by atoms with Crippen LogP contribution in [0.4, 0.5) is 0 Å². The fourth-order valence-electron chi connectivity index (χ4n) is 2.04. The zero-order chi connectivity index (χ0) is 13.4. The Morgan fingerprint density at radius 1 is 1.33 bits per heavy atom. The van der Waals surface area contributed by atoms with E-state index >= 15 is 0 Å². The molecular formula is C15H28N2O. The summed E-state index contributed by atoms with van der Waals surface area (Å²) in [5.41, 5.74) is 1.32. The van der Waals surface area contributed by atoms with Crippen LogP contribution in [-0.4, -0.2) is 24.5 Å². The Hall–Kier alpha value is -0.800. The lowest BCUT2D eigenvalue weighted by atomic mass is 10.2. The molecule has 0 aliphatic carbocycles. The largest absolute Gasteiger partial charge is 0.468 e. The van der Waals surface area contributed by atoms with Crippen LogP contribution in [0.25, 0.3) is 0 Å². The van der Waals surface area contributed by atoms with Gasteiger partial charge < -0.3 is 9.73 Å². The van der Waals surface area contributed by atoms with Crippen molar-refractivity contribution in [2.24, 2.45) is 5.92 Å². The highest BCUT2D eigenvalue weighted by Gasteiger charge is 2.10. The Morgan fingerprint density at radius 2 is 2.11 bits per heavy atom. The molecule has 3 heteroatoms. The highest BCUT2D eigenvalue weighted by molar-refractivity contribution is 5.16.